The fourth-order valence-electron chi connectivity index (χ4n) is 1.91. The summed E-state index contributed by atoms with van der Waals surface area (Å²) in [5.74, 6) is 2.38. The number of hydrogen-bond donors (Lipinski definition) is 1. The molecule has 3 aromatic rings. The Morgan fingerprint density at radius 3 is 2.81 bits per heavy atom. The summed E-state index contributed by atoms with van der Waals surface area (Å²) in [6.45, 7) is 0. The highest BCUT2D eigenvalue weighted by Gasteiger charge is 2.10. The number of nitrogens with zero attached hydrogens (tertiary/aromatic N) is 4. The summed E-state index contributed by atoms with van der Waals surface area (Å²) >= 11 is 5.98. The van der Waals surface area contributed by atoms with E-state index < -0.39 is 0 Å². The van der Waals surface area contributed by atoms with Crippen molar-refractivity contribution in [1.82, 2.24) is 19.6 Å². The van der Waals surface area contributed by atoms with Gasteiger partial charge in [-0.15, -0.1) is 0 Å². The number of hydrogen-bond acceptors (Lipinski definition) is 6. The standard InChI is InChI=1S/C13H12ClN5O2/c1-20-8-3-4-9(10(5-8)21-2)17-12-6-11(14)18-13-15-7-16-19(12)13/h3-7,17H,1-2H3. The first-order valence-corrected chi connectivity index (χ1v) is 6.44. The Balaban J connectivity index is 2.04. The fraction of sp³-hybridized carbons (Fsp3) is 0.154. The normalized spacial score (nSPS) is 10.6. The molecule has 0 fully saturated rings. The lowest BCUT2D eigenvalue weighted by Gasteiger charge is -2.13. The van der Waals surface area contributed by atoms with E-state index in [4.69, 9.17) is 21.1 Å². The van der Waals surface area contributed by atoms with Gasteiger partial charge in [0, 0.05) is 12.1 Å². The van der Waals surface area contributed by atoms with E-state index in [1.165, 1.54) is 6.33 Å². The number of methoxy groups -OCH3 is 2. The molecule has 0 saturated carbocycles. The molecule has 0 atom stereocenters. The zero-order valence-corrected chi connectivity index (χ0v) is 12.1. The molecule has 0 amide bonds. The number of nitrogens with one attached hydrogen (secondary N) is 1. The van der Waals surface area contributed by atoms with Gasteiger partial charge in [-0.25, -0.2) is 0 Å². The molecule has 8 heteroatoms. The number of ether oxygens (including phenoxy) is 2. The van der Waals surface area contributed by atoms with Crippen LogP contribution in [0.3, 0.4) is 0 Å². The molecule has 0 aliphatic carbocycles. The summed E-state index contributed by atoms with van der Waals surface area (Å²) < 4.78 is 12.1. The van der Waals surface area contributed by atoms with Crippen LogP contribution in [-0.2, 0) is 0 Å². The minimum atomic E-state index is 0.325. The van der Waals surface area contributed by atoms with Gasteiger partial charge in [0.2, 0.25) is 0 Å². The van der Waals surface area contributed by atoms with E-state index in [0.717, 1.165) is 5.69 Å². The first kappa shape index (κ1) is 13.4. The van der Waals surface area contributed by atoms with Crippen LogP contribution < -0.4 is 14.8 Å². The van der Waals surface area contributed by atoms with Crippen molar-refractivity contribution in [3.05, 3.63) is 35.7 Å². The number of fused-ring (bicyclic) bond motifs is 1. The van der Waals surface area contributed by atoms with E-state index in [2.05, 4.69) is 20.4 Å². The summed E-state index contributed by atoms with van der Waals surface area (Å²) in [5.41, 5.74) is 0.748. The molecule has 0 aliphatic rings. The lowest BCUT2D eigenvalue weighted by molar-refractivity contribution is 0.395. The number of anilines is 2. The summed E-state index contributed by atoms with van der Waals surface area (Å²) in [7, 11) is 3.19. The topological polar surface area (TPSA) is 73.6 Å². The zero-order chi connectivity index (χ0) is 14.8. The van der Waals surface area contributed by atoms with Gasteiger partial charge >= 0.3 is 0 Å². The third-order valence-corrected chi connectivity index (χ3v) is 3.09. The largest absolute Gasteiger partial charge is 0.497 e. The first-order valence-electron chi connectivity index (χ1n) is 6.06. The van der Waals surface area contributed by atoms with Crippen molar-refractivity contribution >= 4 is 28.9 Å². The molecule has 3 rings (SSSR count). The highest BCUT2D eigenvalue weighted by molar-refractivity contribution is 6.29. The Bertz CT molecular complexity index is 789. The molecule has 0 saturated heterocycles. The molecule has 0 bridgehead atoms. The van der Waals surface area contributed by atoms with Crippen LogP contribution in [0.4, 0.5) is 11.5 Å². The van der Waals surface area contributed by atoms with E-state index >= 15 is 0 Å². The van der Waals surface area contributed by atoms with Gasteiger partial charge < -0.3 is 14.8 Å². The summed E-state index contributed by atoms with van der Waals surface area (Å²) in [6, 6.07) is 7.11. The first-order chi connectivity index (χ1) is 10.2. The third kappa shape index (κ3) is 2.55. The Morgan fingerprint density at radius 1 is 1.19 bits per heavy atom. The van der Waals surface area contributed by atoms with Crippen molar-refractivity contribution in [2.24, 2.45) is 0 Å². The Hall–Kier alpha value is -2.54. The van der Waals surface area contributed by atoms with E-state index in [1.54, 1.807) is 30.9 Å². The third-order valence-electron chi connectivity index (χ3n) is 2.89. The van der Waals surface area contributed by atoms with Crippen molar-refractivity contribution in [1.29, 1.82) is 0 Å². The van der Waals surface area contributed by atoms with Gasteiger partial charge in [0.1, 0.15) is 28.8 Å². The predicted octanol–water partition coefficient (Wildman–Crippen LogP) is 2.54. The maximum atomic E-state index is 5.98. The van der Waals surface area contributed by atoms with Crippen molar-refractivity contribution in [3.8, 4) is 11.5 Å². The molecule has 0 radical (unpaired) electrons. The highest BCUT2D eigenvalue weighted by atomic mass is 35.5. The molecule has 1 N–H and O–H groups in total. The van der Waals surface area contributed by atoms with E-state index in [-0.39, 0.29) is 0 Å². The van der Waals surface area contributed by atoms with Gasteiger partial charge in [0.05, 0.1) is 19.9 Å². The van der Waals surface area contributed by atoms with Crippen molar-refractivity contribution in [2.45, 2.75) is 0 Å². The quantitative estimate of drug-likeness (QED) is 0.747. The van der Waals surface area contributed by atoms with Gasteiger partial charge in [0.25, 0.3) is 5.78 Å². The average molecular weight is 306 g/mol. The average Bonchev–Trinajstić information content (AvgIpc) is 2.96. The predicted molar refractivity (Wildman–Crippen MR) is 78.6 cm³/mol. The molecule has 7 nitrogen and oxygen atoms in total. The van der Waals surface area contributed by atoms with Crippen molar-refractivity contribution < 1.29 is 9.47 Å². The molecule has 0 spiro atoms. The number of benzene rings is 1. The van der Waals surface area contributed by atoms with Crippen molar-refractivity contribution in [2.75, 3.05) is 19.5 Å². The molecule has 0 aliphatic heterocycles. The van der Waals surface area contributed by atoms with Gasteiger partial charge in [-0.2, -0.15) is 19.6 Å². The fourth-order valence-corrected chi connectivity index (χ4v) is 2.09. The van der Waals surface area contributed by atoms with Crippen LogP contribution >= 0.6 is 11.6 Å². The van der Waals surface area contributed by atoms with Gasteiger partial charge in [-0.05, 0) is 12.1 Å². The molecular formula is C13H12ClN5O2. The number of halogens is 1. The van der Waals surface area contributed by atoms with Gasteiger partial charge in [0.15, 0.2) is 0 Å². The minimum Gasteiger partial charge on any atom is -0.497 e. The molecule has 0 unspecified atom stereocenters. The molecule has 2 aromatic heterocycles. The van der Waals surface area contributed by atoms with Crippen molar-refractivity contribution in [3.63, 3.8) is 0 Å². The molecule has 108 valence electrons. The van der Waals surface area contributed by atoms with Crippen LogP contribution in [0.25, 0.3) is 5.78 Å². The summed E-state index contributed by atoms with van der Waals surface area (Å²) in [4.78, 5) is 8.09. The van der Waals surface area contributed by atoms with Crippen LogP contribution in [0.5, 0.6) is 11.5 Å². The van der Waals surface area contributed by atoms with Crippen LogP contribution in [0.15, 0.2) is 30.6 Å². The minimum absolute atomic E-state index is 0.325. The van der Waals surface area contributed by atoms with Gasteiger partial charge in [-0.1, -0.05) is 11.6 Å². The second kappa shape index (κ2) is 5.45. The van der Waals surface area contributed by atoms with Crippen LogP contribution in [-0.4, -0.2) is 33.8 Å². The smallest absolute Gasteiger partial charge is 0.255 e. The zero-order valence-electron chi connectivity index (χ0n) is 11.4. The lowest BCUT2D eigenvalue weighted by Crippen LogP contribution is -2.03. The second-order valence-electron chi connectivity index (χ2n) is 4.13. The van der Waals surface area contributed by atoms with E-state index in [0.29, 0.717) is 28.2 Å². The maximum Gasteiger partial charge on any atom is 0.255 e. The maximum absolute atomic E-state index is 5.98. The number of rotatable bonds is 4. The van der Waals surface area contributed by atoms with Gasteiger partial charge in [-0.3, -0.25) is 0 Å². The van der Waals surface area contributed by atoms with Crippen LogP contribution in [0.1, 0.15) is 0 Å². The molecular weight excluding hydrogens is 294 g/mol. The van der Waals surface area contributed by atoms with Crippen LogP contribution in [0.2, 0.25) is 5.15 Å². The highest BCUT2D eigenvalue weighted by Crippen LogP contribution is 2.31. The number of aromatic nitrogens is 4. The molecule has 1 aromatic carbocycles. The Morgan fingerprint density at radius 2 is 2.05 bits per heavy atom. The van der Waals surface area contributed by atoms with E-state index in [1.807, 2.05) is 12.1 Å². The SMILES string of the molecule is COc1ccc(Nc2cc(Cl)nc3ncnn23)c(OC)c1. The Labute approximate surface area is 125 Å². The summed E-state index contributed by atoms with van der Waals surface area (Å²) in [5, 5.41) is 7.63. The molecule has 21 heavy (non-hydrogen) atoms. The lowest BCUT2D eigenvalue weighted by atomic mass is 10.2. The summed E-state index contributed by atoms with van der Waals surface area (Å²) in [6.07, 6.45) is 1.41. The Kier molecular flexibility index (Phi) is 3.49. The monoisotopic (exact) mass is 305 g/mol. The van der Waals surface area contributed by atoms with Crippen LogP contribution in [0, 0.1) is 0 Å². The molecule has 2 heterocycles. The second-order valence-corrected chi connectivity index (χ2v) is 4.51. The van der Waals surface area contributed by atoms with E-state index in [9.17, 15) is 0 Å².